The predicted octanol–water partition coefficient (Wildman–Crippen LogP) is 0.710. The van der Waals surface area contributed by atoms with E-state index in [-0.39, 0.29) is 5.91 Å². The highest BCUT2D eigenvalue weighted by molar-refractivity contribution is 5.79. The zero-order chi connectivity index (χ0) is 16.6. The molecule has 3 heterocycles. The third-order valence-corrected chi connectivity index (χ3v) is 4.44. The monoisotopic (exact) mass is 316 g/mol. The van der Waals surface area contributed by atoms with E-state index < -0.39 is 5.60 Å². The van der Waals surface area contributed by atoms with Crippen molar-refractivity contribution in [2.45, 2.75) is 25.4 Å². The minimum atomic E-state index is -0.798. The predicted molar refractivity (Wildman–Crippen MR) is 88.3 cm³/mol. The maximum absolute atomic E-state index is 12.6. The van der Waals surface area contributed by atoms with Crippen LogP contribution in [0.5, 0.6) is 0 Å². The van der Waals surface area contributed by atoms with Crippen LogP contribution in [0.25, 0.3) is 5.65 Å². The summed E-state index contributed by atoms with van der Waals surface area (Å²) in [5.41, 5.74) is 1.87. The second kappa shape index (κ2) is 5.94. The van der Waals surface area contributed by atoms with Gasteiger partial charge in [-0.2, -0.15) is 0 Å². The number of hydrogen-bond acceptors (Lipinski definition) is 4. The van der Waals surface area contributed by atoms with Crippen LogP contribution in [-0.2, 0) is 11.2 Å². The fraction of sp³-hybridized carbons (Fsp3) is 0.529. The molecule has 1 N–H and O–H groups in total. The molecular weight excluding hydrogens is 292 g/mol. The average molecular weight is 316 g/mol. The van der Waals surface area contributed by atoms with E-state index in [1.165, 1.54) is 0 Å². The number of β-amino-alcohol motifs (C(OH)–C–C–N with tert-alkyl or cyclic N) is 1. The van der Waals surface area contributed by atoms with E-state index in [1.807, 2.05) is 54.7 Å². The first-order chi connectivity index (χ1) is 10.9. The van der Waals surface area contributed by atoms with Crippen LogP contribution in [0.15, 0.2) is 24.4 Å². The van der Waals surface area contributed by atoms with Gasteiger partial charge in [-0.15, -0.1) is 0 Å². The topological polar surface area (TPSA) is 61.1 Å². The standard InChI is InChI=1S/C17H24N4O2/c1-13-14(21-8-5-4-6-15(21)18-13)10-16(22)20-9-7-17(23,12-20)11-19(2)3/h4-6,8,23H,7,9-12H2,1-3H3/t17-/m0/s1. The van der Waals surface area contributed by atoms with Gasteiger partial charge in [-0.1, -0.05) is 6.07 Å². The summed E-state index contributed by atoms with van der Waals surface area (Å²) >= 11 is 0. The van der Waals surface area contributed by atoms with Crippen molar-refractivity contribution in [3.63, 3.8) is 0 Å². The molecule has 23 heavy (non-hydrogen) atoms. The number of likely N-dealkylation sites (N-methyl/N-ethyl adjacent to an activating group) is 1. The third kappa shape index (κ3) is 3.23. The molecule has 0 saturated carbocycles. The smallest absolute Gasteiger partial charge is 0.228 e. The van der Waals surface area contributed by atoms with Crippen molar-refractivity contribution in [3.05, 3.63) is 35.8 Å². The molecular formula is C17H24N4O2. The van der Waals surface area contributed by atoms with Crippen LogP contribution in [0.1, 0.15) is 17.8 Å². The molecule has 6 nitrogen and oxygen atoms in total. The lowest BCUT2D eigenvalue weighted by Crippen LogP contribution is -2.43. The van der Waals surface area contributed by atoms with Gasteiger partial charge in [0.05, 0.1) is 30.0 Å². The van der Waals surface area contributed by atoms with Crippen LogP contribution < -0.4 is 0 Å². The van der Waals surface area contributed by atoms with Gasteiger partial charge in [-0.05, 0) is 39.6 Å². The number of carbonyl (C=O) groups excluding carboxylic acids is 1. The van der Waals surface area contributed by atoms with E-state index in [2.05, 4.69) is 4.98 Å². The largest absolute Gasteiger partial charge is 0.387 e. The number of rotatable bonds is 4. The highest BCUT2D eigenvalue weighted by atomic mass is 16.3. The summed E-state index contributed by atoms with van der Waals surface area (Å²) < 4.78 is 1.97. The van der Waals surface area contributed by atoms with Gasteiger partial charge in [0, 0.05) is 19.3 Å². The fourth-order valence-corrected chi connectivity index (χ4v) is 3.42. The molecule has 1 fully saturated rings. The Kier molecular flexibility index (Phi) is 4.12. The Bertz CT molecular complexity index is 724. The number of imidazole rings is 1. The molecule has 0 bridgehead atoms. The highest BCUT2D eigenvalue weighted by Crippen LogP contribution is 2.23. The number of aryl methyl sites for hydroxylation is 1. The Labute approximate surface area is 136 Å². The van der Waals surface area contributed by atoms with E-state index in [9.17, 15) is 9.90 Å². The van der Waals surface area contributed by atoms with E-state index >= 15 is 0 Å². The molecule has 6 heteroatoms. The maximum atomic E-state index is 12.6. The first-order valence-corrected chi connectivity index (χ1v) is 7.95. The zero-order valence-corrected chi connectivity index (χ0v) is 14.0. The van der Waals surface area contributed by atoms with Crippen molar-refractivity contribution in [3.8, 4) is 0 Å². The van der Waals surface area contributed by atoms with E-state index in [0.717, 1.165) is 17.0 Å². The zero-order valence-electron chi connectivity index (χ0n) is 14.0. The van der Waals surface area contributed by atoms with Gasteiger partial charge in [-0.25, -0.2) is 4.98 Å². The molecule has 0 spiro atoms. The molecule has 1 aliphatic heterocycles. The summed E-state index contributed by atoms with van der Waals surface area (Å²) in [6, 6.07) is 5.82. The molecule has 3 rings (SSSR count). The Balaban J connectivity index is 1.73. The van der Waals surface area contributed by atoms with Crippen molar-refractivity contribution in [1.29, 1.82) is 0 Å². The Morgan fingerprint density at radius 1 is 1.43 bits per heavy atom. The molecule has 1 atom stereocenters. The second-order valence-corrected chi connectivity index (χ2v) is 6.78. The van der Waals surface area contributed by atoms with E-state index in [0.29, 0.717) is 32.5 Å². The molecule has 0 aliphatic carbocycles. The number of nitrogens with zero attached hydrogens (tertiary/aromatic N) is 4. The van der Waals surface area contributed by atoms with Gasteiger partial charge in [-0.3, -0.25) is 4.79 Å². The molecule has 1 saturated heterocycles. The average Bonchev–Trinajstić information content (AvgIpc) is 3.00. The van der Waals surface area contributed by atoms with Crippen LogP contribution in [0, 0.1) is 6.92 Å². The number of hydrogen-bond donors (Lipinski definition) is 1. The summed E-state index contributed by atoms with van der Waals surface area (Å²) in [4.78, 5) is 20.9. The number of likely N-dealkylation sites (tertiary alicyclic amines) is 1. The third-order valence-electron chi connectivity index (χ3n) is 4.44. The van der Waals surface area contributed by atoms with Crippen LogP contribution in [-0.4, -0.2) is 69.5 Å². The van der Waals surface area contributed by atoms with E-state index in [1.54, 1.807) is 4.90 Å². The molecule has 0 radical (unpaired) electrons. The lowest BCUT2D eigenvalue weighted by molar-refractivity contribution is -0.130. The molecule has 2 aromatic rings. The first-order valence-electron chi connectivity index (χ1n) is 7.95. The number of amides is 1. The molecule has 124 valence electrons. The number of aliphatic hydroxyl groups is 1. The fourth-order valence-electron chi connectivity index (χ4n) is 3.42. The van der Waals surface area contributed by atoms with Crippen molar-refractivity contribution >= 4 is 11.6 Å². The highest BCUT2D eigenvalue weighted by Gasteiger charge is 2.38. The summed E-state index contributed by atoms with van der Waals surface area (Å²) in [5, 5.41) is 10.6. The van der Waals surface area contributed by atoms with Crippen LogP contribution in [0.3, 0.4) is 0 Å². The SMILES string of the molecule is Cc1nc2ccccn2c1CC(=O)N1CC[C@](O)(CN(C)C)C1. The summed E-state index contributed by atoms with van der Waals surface area (Å²) in [5.74, 6) is 0.0495. The first kappa shape index (κ1) is 16.0. The van der Waals surface area contributed by atoms with Gasteiger partial charge in [0.1, 0.15) is 5.65 Å². The van der Waals surface area contributed by atoms with Crippen molar-refractivity contribution in [2.75, 3.05) is 33.7 Å². The van der Waals surface area contributed by atoms with Gasteiger partial charge in [0.15, 0.2) is 0 Å². The van der Waals surface area contributed by atoms with Crippen molar-refractivity contribution in [2.24, 2.45) is 0 Å². The number of aromatic nitrogens is 2. The molecule has 2 aromatic heterocycles. The van der Waals surface area contributed by atoms with Crippen LogP contribution in [0.2, 0.25) is 0 Å². The van der Waals surface area contributed by atoms with Crippen LogP contribution >= 0.6 is 0 Å². The summed E-state index contributed by atoms with van der Waals surface area (Å²) in [6.07, 6.45) is 2.88. The summed E-state index contributed by atoms with van der Waals surface area (Å²) in [6.45, 7) is 3.52. The van der Waals surface area contributed by atoms with E-state index in [4.69, 9.17) is 0 Å². The Hall–Kier alpha value is -1.92. The van der Waals surface area contributed by atoms with Gasteiger partial charge >= 0.3 is 0 Å². The lowest BCUT2D eigenvalue weighted by atomic mass is 10.0. The van der Waals surface area contributed by atoms with Gasteiger partial charge in [0.25, 0.3) is 0 Å². The Morgan fingerprint density at radius 3 is 2.96 bits per heavy atom. The van der Waals surface area contributed by atoms with Crippen molar-refractivity contribution in [1.82, 2.24) is 19.2 Å². The Morgan fingerprint density at radius 2 is 2.22 bits per heavy atom. The molecule has 0 unspecified atom stereocenters. The molecule has 1 aliphatic rings. The lowest BCUT2D eigenvalue weighted by Gasteiger charge is -2.26. The number of carbonyl (C=O) groups is 1. The number of fused-ring (bicyclic) bond motifs is 1. The minimum absolute atomic E-state index is 0.0495. The van der Waals surface area contributed by atoms with Crippen molar-refractivity contribution < 1.29 is 9.90 Å². The normalized spacial score (nSPS) is 21.5. The summed E-state index contributed by atoms with van der Waals surface area (Å²) in [7, 11) is 3.87. The number of pyridine rings is 1. The maximum Gasteiger partial charge on any atom is 0.228 e. The molecule has 0 aromatic carbocycles. The van der Waals surface area contributed by atoms with Crippen LogP contribution in [0.4, 0.5) is 0 Å². The second-order valence-electron chi connectivity index (χ2n) is 6.78. The molecule has 1 amide bonds. The minimum Gasteiger partial charge on any atom is -0.387 e. The van der Waals surface area contributed by atoms with Gasteiger partial charge < -0.3 is 19.3 Å². The van der Waals surface area contributed by atoms with Gasteiger partial charge in [0.2, 0.25) is 5.91 Å². The quantitative estimate of drug-likeness (QED) is 0.902.